The molecule has 0 spiro atoms. The zero-order valence-electron chi connectivity index (χ0n) is 18.7. The van der Waals surface area contributed by atoms with Gasteiger partial charge in [-0.1, -0.05) is 39.7 Å². The number of carbonyl (C=O) groups excluding carboxylic acids is 1. The standard InChI is InChI=1S/C24H22BrClN2O6S/c1-35(31,32)18-5-2-15(3-6-18)22-21(8-11-27-23(22)29)33-17-9-12-28(13-10-17)24(30)34-20-7-4-16(25)14-19(20)26/h2-8,11,14,17H,9-10,12-13H2,1H3,(H,27,29). The third kappa shape index (κ3) is 6.06. The molecule has 1 amide bonds. The van der Waals surface area contributed by atoms with Gasteiger partial charge in [-0.15, -0.1) is 0 Å². The number of pyridine rings is 1. The molecule has 0 radical (unpaired) electrons. The van der Waals surface area contributed by atoms with Crippen LogP contribution < -0.4 is 15.0 Å². The van der Waals surface area contributed by atoms with Crippen LogP contribution in [0, 0.1) is 0 Å². The first-order chi connectivity index (χ1) is 16.6. The number of ether oxygens (including phenoxy) is 2. The second kappa shape index (κ2) is 10.4. The highest BCUT2D eigenvalue weighted by molar-refractivity contribution is 9.10. The number of aromatic nitrogens is 1. The fraction of sp³-hybridized carbons (Fsp3) is 0.250. The molecule has 1 N–H and O–H groups in total. The Morgan fingerprint density at radius 3 is 2.40 bits per heavy atom. The lowest BCUT2D eigenvalue weighted by Gasteiger charge is -2.31. The summed E-state index contributed by atoms with van der Waals surface area (Å²) in [6, 6.07) is 12.8. The van der Waals surface area contributed by atoms with Crippen LogP contribution >= 0.6 is 27.5 Å². The van der Waals surface area contributed by atoms with Crippen molar-refractivity contribution >= 4 is 43.5 Å². The van der Waals surface area contributed by atoms with Gasteiger partial charge in [0.05, 0.1) is 15.5 Å². The van der Waals surface area contributed by atoms with E-state index in [-0.39, 0.29) is 22.3 Å². The quantitative estimate of drug-likeness (QED) is 0.459. The topological polar surface area (TPSA) is 106 Å². The van der Waals surface area contributed by atoms with Crippen LogP contribution in [0.1, 0.15) is 12.8 Å². The lowest BCUT2D eigenvalue weighted by atomic mass is 10.1. The normalized spacial score (nSPS) is 14.5. The summed E-state index contributed by atoms with van der Waals surface area (Å²) in [4.78, 5) is 29.5. The highest BCUT2D eigenvalue weighted by Crippen LogP contribution is 2.31. The third-order valence-electron chi connectivity index (χ3n) is 5.58. The molecule has 0 bridgehead atoms. The number of likely N-dealkylation sites (tertiary alicyclic amines) is 1. The Bertz CT molecular complexity index is 1400. The van der Waals surface area contributed by atoms with Gasteiger partial charge in [-0.3, -0.25) is 4.79 Å². The number of H-pyrrole nitrogens is 1. The molecule has 8 nitrogen and oxygen atoms in total. The average Bonchev–Trinajstić information content (AvgIpc) is 2.81. The van der Waals surface area contributed by atoms with E-state index in [4.69, 9.17) is 21.1 Å². The van der Waals surface area contributed by atoms with Gasteiger partial charge in [0, 0.05) is 42.9 Å². The van der Waals surface area contributed by atoms with Crippen LogP contribution in [-0.2, 0) is 9.84 Å². The molecule has 11 heteroatoms. The Morgan fingerprint density at radius 2 is 1.77 bits per heavy atom. The zero-order chi connectivity index (χ0) is 25.2. The van der Waals surface area contributed by atoms with Crippen LogP contribution in [0.25, 0.3) is 11.1 Å². The molecule has 3 aromatic rings. The molecule has 0 atom stereocenters. The summed E-state index contributed by atoms with van der Waals surface area (Å²) in [5.41, 5.74) is 0.517. The molecule has 35 heavy (non-hydrogen) atoms. The van der Waals surface area contributed by atoms with Gasteiger partial charge in [-0.05, 0) is 42.0 Å². The first-order valence-corrected chi connectivity index (χ1v) is 13.8. The molecule has 2 heterocycles. The van der Waals surface area contributed by atoms with E-state index < -0.39 is 15.9 Å². The number of rotatable bonds is 5. The Morgan fingerprint density at radius 1 is 1.09 bits per heavy atom. The number of piperidine rings is 1. The predicted molar refractivity (Wildman–Crippen MR) is 136 cm³/mol. The zero-order valence-corrected chi connectivity index (χ0v) is 21.8. The minimum Gasteiger partial charge on any atom is -0.489 e. The Hall–Kier alpha value is -2.82. The van der Waals surface area contributed by atoms with Crippen molar-refractivity contribution in [3.8, 4) is 22.6 Å². The molecule has 1 aliphatic heterocycles. The fourth-order valence-corrected chi connectivity index (χ4v) is 5.10. The van der Waals surface area contributed by atoms with Crippen molar-refractivity contribution < 1.29 is 22.7 Å². The second-order valence-corrected chi connectivity index (χ2v) is 11.4. The number of sulfone groups is 1. The lowest BCUT2D eigenvalue weighted by Crippen LogP contribution is -2.43. The molecule has 1 aliphatic rings. The number of amides is 1. The highest BCUT2D eigenvalue weighted by Gasteiger charge is 2.27. The molecule has 1 fully saturated rings. The van der Waals surface area contributed by atoms with E-state index in [1.54, 1.807) is 41.3 Å². The van der Waals surface area contributed by atoms with Crippen molar-refractivity contribution in [3.05, 3.63) is 74.6 Å². The van der Waals surface area contributed by atoms with E-state index >= 15 is 0 Å². The number of benzene rings is 2. The van der Waals surface area contributed by atoms with E-state index in [0.29, 0.717) is 47.8 Å². The lowest BCUT2D eigenvalue weighted by molar-refractivity contribution is 0.0933. The summed E-state index contributed by atoms with van der Waals surface area (Å²) < 4.78 is 35.9. The summed E-state index contributed by atoms with van der Waals surface area (Å²) in [6.45, 7) is 0.832. The van der Waals surface area contributed by atoms with Crippen molar-refractivity contribution in [1.82, 2.24) is 9.88 Å². The molecule has 1 aromatic heterocycles. The number of nitrogens with one attached hydrogen (secondary N) is 1. The van der Waals surface area contributed by atoms with E-state index in [9.17, 15) is 18.0 Å². The Kier molecular flexibility index (Phi) is 7.53. The SMILES string of the molecule is CS(=O)(=O)c1ccc(-c2c(OC3CCN(C(=O)Oc4ccc(Br)cc4Cl)CC3)cc[nH]c2=O)cc1. The molecule has 184 valence electrons. The van der Waals surface area contributed by atoms with E-state index in [1.165, 1.54) is 18.3 Å². The van der Waals surface area contributed by atoms with Crippen molar-refractivity contribution in [2.75, 3.05) is 19.3 Å². The number of carbonyl (C=O) groups is 1. The highest BCUT2D eigenvalue weighted by atomic mass is 79.9. The van der Waals surface area contributed by atoms with Crippen LogP contribution in [0.4, 0.5) is 4.79 Å². The van der Waals surface area contributed by atoms with Gasteiger partial charge in [0.15, 0.2) is 15.6 Å². The monoisotopic (exact) mass is 580 g/mol. The third-order valence-corrected chi connectivity index (χ3v) is 7.50. The molecule has 1 saturated heterocycles. The number of hydrogen-bond donors (Lipinski definition) is 1. The van der Waals surface area contributed by atoms with Crippen LogP contribution in [0.15, 0.2) is 68.9 Å². The molecular weight excluding hydrogens is 560 g/mol. The summed E-state index contributed by atoms with van der Waals surface area (Å²) in [5.74, 6) is 0.678. The largest absolute Gasteiger partial charge is 0.489 e. The van der Waals surface area contributed by atoms with Gasteiger partial charge in [0.2, 0.25) is 0 Å². The average molecular weight is 582 g/mol. The minimum absolute atomic E-state index is 0.166. The number of halogens is 2. The summed E-state index contributed by atoms with van der Waals surface area (Å²) in [6.07, 6.45) is 3.01. The maximum Gasteiger partial charge on any atom is 0.415 e. The van der Waals surface area contributed by atoms with Gasteiger partial charge in [0.1, 0.15) is 11.9 Å². The maximum absolute atomic E-state index is 12.6. The van der Waals surface area contributed by atoms with Crippen molar-refractivity contribution in [2.45, 2.75) is 23.8 Å². The smallest absolute Gasteiger partial charge is 0.415 e. The van der Waals surface area contributed by atoms with Gasteiger partial charge in [-0.2, -0.15) is 0 Å². The molecule has 4 rings (SSSR count). The van der Waals surface area contributed by atoms with Gasteiger partial charge >= 0.3 is 6.09 Å². The fourth-order valence-electron chi connectivity index (χ4n) is 3.75. The van der Waals surface area contributed by atoms with Crippen molar-refractivity contribution in [2.24, 2.45) is 0 Å². The molecule has 0 saturated carbocycles. The van der Waals surface area contributed by atoms with E-state index in [1.807, 2.05) is 0 Å². The minimum atomic E-state index is -3.35. The Labute approximate surface area is 215 Å². The first-order valence-electron chi connectivity index (χ1n) is 10.7. The van der Waals surface area contributed by atoms with Gasteiger partial charge in [0.25, 0.3) is 5.56 Å². The van der Waals surface area contributed by atoms with Gasteiger partial charge in [-0.25, -0.2) is 13.2 Å². The summed E-state index contributed by atoms with van der Waals surface area (Å²) >= 11 is 9.44. The second-order valence-electron chi connectivity index (χ2n) is 8.09. The summed E-state index contributed by atoms with van der Waals surface area (Å²) in [5, 5.41) is 0.331. The molecule has 2 aromatic carbocycles. The van der Waals surface area contributed by atoms with Crippen LogP contribution in [0.3, 0.4) is 0 Å². The maximum atomic E-state index is 12.6. The van der Waals surface area contributed by atoms with Crippen LogP contribution in [0.5, 0.6) is 11.5 Å². The van der Waals surface area contributed by atoms with E-state index in [0.717, 1.165) is 10.7 Å². The van der Waals surface area contributed by atoms with E-state index in [2.05, 4.69) is 20.9 Å². The molecular formula is C24H22BrClN2O6S. The first kappa shape index (κ1) is 25.3. The summed E-state index contributed by atoms with van der Waals surface area (Å²) in [7, 11) is -3.35. The Balaban J connectivity index is 1.43. The number of hydrogen-bond acceptors (Lipinski definition) is 6. The van der Waals surface area contributed by atoms with Crippen molar-refractivity contribution in [1.29, 1.82) is 0 Å². The molecule has 0 unspecified atom stereocenters. The molecule has 0 aliphatic carbocycles. The number of nitrogens with zero attached hydrogens (tertiary/aromatic N) is 1. The van der Waals surface area contributed by atoms with Crippen molar-refractivity contribution in [3.63, 3.8) is 0 Å². The predicted octanol–water partition coefficient (Wildman–Crippen LogP) is 4.90. The van der Waals surface area contributed by atoms with Crippen LogP contribution in [0.2, 0.25) is 5.02 Å². The van der Waals surface area contributed by atoms with Crippen LogP contribution in [-0.4, -0.2) is 49.8 Å². The van der Waals surface area contributed by atoms with Gasteiger partial charge < -0.3 is 19.4 Å². The number of aromatic amines is 1.